The summed E-state index contributed by atoms with van der Waals surface area (Å²) in [5, 5.41) is 2.42. The molecule has 0 aliphatic carbocycles. The Morgan fingerprint density at radius 3 is 2.52 bits per heavy atom. The average Bonchev–Trinajstić information content (AvgIpc) is 2.75. The first-order valence-corrected chi connectivity index (χ1v) is 9.23. The van der Waals surface area contributed by atoms with E-state index in [9.17, 15) is 14.4 Å². The quantitative estimate of drug-likeness (QED) is 0.759. The highest BCUT2D eigenvalue weighted by Gasteiger charge is 2.46. The maximum Gasteiger partial charge on any atom is 0.325 e. The molecular weight excluding hydrogens is 372 g/mol. The molecule has 0 spiro atoms. The molecule has 1 atom stereocenters. The largest absolute Gasteiger partial charge is 0.497 e. The number of carbonyl (C=O) groups excluding carboxylic acids is 3. The minimum Gasteiger partial charge on any atom is -0.497 e. The SMILES string of the molecule is CCOC(=O)CNC(=O)C1=Nc2ccc(OC)cc2C(C)(c2ccccc2)C1=O. The second kappa shape index (κ2) is 8.26. The molecule has 1 unspecified atom stereocenters. The maximum atomic E-state index is 13.5. The van der Waals surface area contributed by atoms with Crippen molar-refractivity contribution < 1.29 is 23.9 Å². The standard InChI is InChI=1S/C22H22N2O5/c1-4-29-18(25)13-23-21(27)19-20(26)22(2,14-8-6-5-7-9-14)16-12-15(28-3)10-11-17(16)24-19/h5-12H,4,13H2,1-3H3,(H,23,27). The highest BCUT2D eigenvalue weighted by Crippen LogP contribution is 2.43. The molecule has 3 rings (SSSR count). The molecule has 0 radical (unpaired) electrons. The van der Waals surface area contributed by atoms with E-state index in [1.807, 2.05) is 30.3 Å². The zero-order valence-corrected chi connectivity index (χ0v) is 16.5. The third-order valence-electron chi connectivity index (χ3n) is 4.91. The Kier molecular flexibility index (Phi) is 5.77. The zero-order valence-electron chi connectivity index (χ0n) is 16.5. The van der Waals surface area contributed by atoms with Crippen molar-refractivity contribution in [3.8, 4) is 5.75 Å². The predicted octanol–water partition coefficient (Wildman–Crippen LogP) is 2.34. The first kappa shape index (κ1) is 20.3. The van der Waals surface area contributed by atoms with E-state index >= 15 is 0 Å². The number of nitrogens with zero attached hydrogens (tertiary/aromatic N) is 1. The van der Waals surface area contributed by atoms with Gasteiger partial charge in [0.15, 0.2) is 5.71 Å². The fourth-order valence-electron chi connectivity index (χ4n) is 3.33. The fraction of sp³-hybridized carbons (Fsp3) is 0.273. The Morgan fingerprint density at radius 2 is 1.86 bits per heavy atom. The number of fused-ring (bicyclic) bond motifs is 1. The number of carbonyl (C=O) groups is 3. The van der Waals surface area contributed by atoms with Crippen molar-refractivity contribution in [1.29, 1.82) is 0 Å². The van der Waals surface area contributed by atoms with Crippen molar-refractivity contribution in [3.05, 3.63) is 59.7 Å². The first-order chi connectivity index (χ1) is 13.9. The van der Waals surface area contributed by atoms with E-state index in [0.717, 1.165) is 5.56 Å². The van der Waals surface area contributed by atoms with Gasteiger partial charge in [0.1, 0.15) is 12.3 Å². The smallest absolute Gasteiger partial charge is 0.325 e. The average molecular weight is 394 g/mol. The number of hydrogen-bond acceptors (Lipinski definition) is 6. The molecule has 0 fully saturated rings. The molecule has 7 nitrogen and oxygen atoms in total. The molecule has 0 bridgehead atoms. The Hall–Kier alpha value is -3.48. The summed E-state index contributed by atoms with van der Waals surface area (Å²) in [4.78, 5) is 42.0. The minimum absolute atomic E-state index is 0.204. The molecular formula is C22H22N2O5. The van der Waals surface area contributed by atoms with Crippen LogP contribution in [0.1, 0.15) is 25.0 Å². The van der Waals surface area contributed by atoms with Crippen molar-refractivity contribution in [1.82, 2.24) is 5.32 Å². The number of Topliss-reactive ketones (excluding diaryl/α,β-unsaturated/α-hetero) is 1. The Bertz CT molecular complexity index is 984. The molecule has 1 heterocycles. The molecule has 2 aromatic carbocycles. The number of benzene rings is 2. The first-order valence-electron chi connectivity index (χ1n) is 9.23. The van der Waals surface area contributed by atoms with Gasteiger partial charge < -0.3 is 14.8 Å². The molecule has 0 saturated carbocycles. The van der Waals surface area contributed by atoms with Crippen LogP contribution in [0.5, 0.6) is 5.75 Å². The lowest BCUT2D eigenvalue weighted by Gasteiger charge is -2.33. The van der Waals surface area contributed by atoms with E-state index in [-0.39, 0.29) is 18.9 Å². The van der Waals surface area contributed by atoms with Gasteiger partial charge in [-0.05, 0) is 43.2 Å². The predicted molar refractivity (Wildman–Crippen MR) is 108 cm³/mol. The van der Waals surface area contributed by atoms with Crippen molar-refractivity contribution in [2.45, 2.75) is 19.3 Å². The van der Waals surface area contributed by atoms with Crippen LogP contribution >= 0.6 is 0 Å². The lowest BCUT2D eigenvalue weighted by molar-refractivity contribution is -0.143. The van der Waals surface area contributed by atoms with Crippen LogP contribution in [0.25, 0.3) is 0 Å². The van der Waals surface area contributed by atoms with Crippen LogP contribution in [-0.4, -0.2) is 43.6 Å². The molecule has 29 heavy (non-hydrogen) atoms. The number of ketones is 1. The van der Waals surface area contributed by atoms with Crippen molar-refractivity contribution in [3.63, 3.8) is 0 Å². The van der Waals surface area contributed by atoms with E-state index in [1.54, 1.807) is 39.2 Å². The van der Waals surface area contributed by atoms with Crippen LogP contribution in [0.2, 0.25) is 0 Å². The number of esters is 1. The number of nitrogens with one attached hydrogen (secondary N) is 1. The monoisotopic (exact) mass is 394 g/mol. The summed E-state index contributed by atoms with van der Waals surface area (Å²) in [6.07, 6.45) is 0. The van der Waals surface area contributed by atoms with Crippen LogP contribution in [0, 0.1) is 0 Å². The van der Waals surface area contributed by atoms with Gasteiger partial charge in [-0.1, -0.05) is 30.3 Å². The second-order valence-electron chi connectivity index (χ2n) is 6.65. The molecule has 1 amide bonds. The van der Waals surface area contributed by atoms with Crippen molar-refractivity contribution >= 4 is 29.1 Å². The summed E-state index contributed by atoms with van der Waals surface area (Å²) >= 11 is 0. The minimum atomic E-state index is -1.14. The van der Waals surface area contributed by atoms with Gasteiger partial charge in [0.25, 0.3) is 5.91 Å². The number of methoxy groups -OCH3 is 1. The van der Waals surface area contributed by atoms with E-state index in [0.29, 0.717) is 17.0 Å². The topological polar surface area (TPSA) is 94.1 Å². The number of rotatable bonds is 6. The highest BCUT2D eigenvalue weighted by molar-refractivity contribution is 6.68. The van der Waals surface area contributed by atoms with Crippen molar-refractivity contribution in [2.24, 2.45) is 4.99 Å². The van der Waals surface area contributed by atoms with Gasteiger partial charge in [0.05, 0.1) is 24.8 Å². The van der Waals surface area contributed by atoms with Gasteiger partial charge in [0, 0.05) is 0 Å². The molecule has 1 aliphatic rings. The number of hydrogen-bond donors (Lipinski definition) is 1. The summed E-state index contributed by atoms with van der Waals surface area (Å²) in [7, 11) is 1.55. The Balaban J connectivity index is 2.06. The molecule has 1 N–H and O–H groups in total. The summed E-state index contributed by atoms with van der Waals surface area (Å²) in [5.41, 5.74) is 0.486. The van der Waals surface area contributed by atoms with Gasteiger partial charge in [-0.25, -0.2) is 4.99 Å². The van der Waals surface area contributed by atoms with Crippen LogP contribution in [0.4, 0.5) is 5.69 Å². The Labute approximate surface area is 168 Å². The molecule has 7 heteroatoms. The fourth-order valence-corrected chi connectivity index (χ4v) is 3.33. The number of aliphatic imine (C=N–C) groups is 1. The summed E-state index contributed by atoms with van der Waals surface area (Å²) in [6.45, 7) is 3.30. The van der Waals surface area contributed by atoms with Crippen LogP contribution in [0.3, 0.4) is 0 Å². The van der Waals surface area contributed by atoms with Crippen molar-refractivity contribution in [2.75, 3.05) is 20.3 Å². The van der Waals surface area contributed by atoms with Crippen LogP contribution in [0.15, 0.2) is 53.5 Å². The van der Waals surface area contributed by atoms with Gasteiger partial charge in [-0.3, -0.25) is 14.4 Å². The zero-order chi connectivity index (χ0) is 21.0. The third-order valence-corrected chi connectivity index (χ3v) is 4.91. The van der Waals surface area contributed by atoms with Crippen LogP contribution in [-0.2, 0) is 24.5 Å². The summed E-state index contributed by atoms with van der Waals surface area (Å²) in [6, 6.07) is 14.4. The molecule has 0 saturated heterocycles. The summed E-state index contributed by atoms with van der Waals surface area (Å²) < 4.78 is 10.1. The van der Waals surface area contributed by atoms with E-state index in [2.05, 4.69) is 10.3 Å². The normalized spacial score (nSPS) is 17.8. The van der Waals surface area contributed by atoms with E-state index < -0.39 is 23.1 Å². The van der Waals surface area contributed by atoms with Gasteiger partial charge in [-0.15, -0.1) is 0 Å². The molecule has 0 aromatic heterocycles. The van der Waals surface area contributed by atoms with E-state index in [4.69, 9.17) is 9.47 Å². The lowest BCUT2D eigenvalue weighted by atomic mass is 9.69. The molecule has 1 aliphatic heterocycles. The third kappa shape index (κ3) is 3.76. The Morgan fingerprint density at radius 1 is 1.14 bits per heavy atom. The molecule has 2 aromatic rings. The number of amides is 1. The number of ether oxygens (including phenoxy) is 2. The maximum absolute atomic E-state index is 13.5. The van der Waals surface area contributed by atoms with Gasteiger partial charge in [0.2, 0.25) is 5.78 Å². The van der Waals surface area contributed by atoms with Gasteiger partial charge in [-0.2, -0.15) is 0 Å². The summed E-state index contributed by atoms with van der Waals surface area (Å²) in [5.74, 6) is -1.16. The van der Waals surface area contributed by atoms with Crippen LogP contribution < -0.4 is 10.1 Å². The van der Waals surface area contributed by atoms with Gasteiger partial charge >= 0.3 is 5.97 Å². The van der Waals surface area contributed by atoms with E-state index in [1.165, 1.54) is 0 Å². The highest BCUT2D eigenvalue weighted by atomic mass is 16.5. The lowest BCUT2D eigenvalue weighted by Crippen LogP contribution is -2.48. The second-order valence-corrected chi connectivity index (χ2v) is 6.65. The molecule has 150 valence electrons.